The van der Waals surface area contributed by atoms with Crippen molar-refractivity contribution in [1.29, 1.82) is 0 Å². The lowest BCUT2D eigenvalue weighted by molar-refractivity contribution is 0.0686. The summed E-state index contributed by atoms with van der Waals surface area (Å²) < 4.78 is 6.41. The molecule has 550 valence electrons. The molecule has 0 heterocycles. The fraction of sp³-hybridized carbons (Fsp3) is 0.344. The first-order chi connectivity index (χ1) is 49.6. The Balaban J connectivity index is 0.000000184. The average Bonchev–Trinajstić information content (AvgIpc) is 0.741. The molecule has 0 amide bonds. The van der Waals surface area contributed by atoms with E-state index in [-0.39, 0.29) is 49.2 Å². The predicted molar refractivity (Wildman–Crippen MR) is 431 cm³/mol. The summed E-state index contributed by atoms with van der Waals surface area (Å²) in [7, 11) is 0. The Morgan fingerprint density at radius 1 is 0.472 bits per heavy atom. The second-order valence-corrected chi connectivity index (χ2v) is 33.8. The van der Waals surface area contributed by atoms with E-state index in [0.717, 1.165) is 98.2 Å². The summed E-state index contributed by atoms with van der Waals surface area (Å²) in [6, 6.07) is 57.6. The standard InChI is InChI=1S/C34H38O3.C31H36O4.C31H32O3/c1-32(2,3)26-15-13-23(14-16-26)27-20-25(21-28-30(27)34(6,7)19-18-33(28,4)5)29(35)17-10-22-8-11-24(12-9-22)31(36)37;1-20(2)19-35-29-26(25-10-8-7-9-21(25)3)17-24(18-27(29)31(4,5)6)28(32)16-13-22-11-14-23(15-12-22)30(33)34;1-20-6-11-22(12-7-20)25-18-24(19-26-28(25)31(4,5)17-16-30(26,2)3)27(32)15-10-21-8-13-23(14-9-21)29(33)34/h8-9,11-16,20-21,29,35H,18-19H2,1-7H3,(H,36,37);7-18,20,28,32H,19H2,1-6H3,(H,33,34);6-9,11-14,18-19,27,32H,16-17H2,1-5H3,(H,33,34). The zero-order valence-electron chi connectivity index (χ0n) is 65.1. The molecular weight excluding hydrogens is 1310 g/mol. The number of carbonyl (C=O) groups is 3. The SMILES string of the molecule is CC(C)(C)c1ccc(-c2cc(C(O)C#Cc3ccc(C(=O)O)cc3)cc3c2C(C)(C)CCC3(C)C)cc1.Cc1ccc(-c2cc(C(O)C#Cc3ccc(C(=O)O)cc3)cc3c2C(C)(C)CCC3(C)C)cc1.Cc1ccccc1-c1cc(C(O)C=Cc2ccc(C(=O)O)cc2)cc(C(C)(C)C)c1OCC(C)C. The first-order valence-corrected chi connectivity index (χ1v) is 36.8. The number of carboxylic acids is 3. The number of ether oxygens (including phenoxy) is 1. The third-order valence-corrected chi connectivity index (χ3v) is 20.8. The van der Waals surface area contributed by atoms with Gasteiger partial charge in [0.1, 0.15) is 18.0 Å². The topological polar surface area (TPSA) is 182 Å². The van der Waals surface area contributed by atoms with Crippen molar-refractivity contribution in [2.75, 3.05) is 6.61 Å². The molecule has 10 heteroatoms. The molecule has 3 atom stereocenters. The lowest BCUT2D eigenvalue weighted by atomic mass is 9.61. The van der Waals surface area contributed by atoms with E-state index in [9.17, 15) is 29.7 Å². The molecule has 2 aliphatic carbocycles. The van der Waals surface area contributed by atoms with E-state index in [2.05, 4.69) is 233 Å². The smallest absolute Gasteiger partial charge is 0.335 e. The third-order valence-electron chi connectivity index (χ3n) is 20.8. The number of aryl methyl sites for hydroxylation is 2. The van der Waals surface area contributed by atoms with E-state index in [1.807, 2.05) is 30.3 Å². The summed E-state index contributed by atoms with van der Waals surface area (Å²) in [5, 5.41) is 60.7. The van der Waals surface area contributed by atoms with Gasteiger partial charge in [-0.2, -0.15) is 0 Å². The Hall–Kier alpha value is -10.1. The van der Waals surface area contributed by atoms with Crippen molar-refractivity contribution < 1.29 is 49.8 Å². The molecule has 6 N–H and O–H groups in total. The highest BCUT2D eigenvalue weighted by Crippen LogP contribution is 2.53. The molecule has 0 bridgehead atoms. The molecule has 0 aromatic heterocycles. The van der Waals surface area contributed by atoms with E-state index >= 15 is 0 Å². The highest BCUT2D eigenvalue weighted by molar-refractivity contribution is 5.89. The van der Waals surface area contributed by atoms with Crippen LogP contribution in [0.25, 0.3) is 39.5 Å². The van der Waals surface area contributed by atoms with Gasteiger partial charge in [0.15, 0.2) is 0 Å². The maximum absolute atomic E-state index is 11.2. The summed E-state index contributed by atoms with van der Waals surface area (Å²) >= 11 is 0. The number of hydrogen-bond acceptors (Lipinski definition) is 7. The van der Waals surface area contributed by atoms with Crippen molar-refractivity contribution in [3.63, 3.8) is 0 Å². The molecular formula is C96H106O10. The number of aliphatic hydroxyl groups is 3. The maximum atomic E-state index is 11.2. The number of carboxylic acid groups (broad SMARTS) is 3. The highest BCUT2D eigenvalue weighted by atomic mass is 16.5. The van der Waals surface area contributed by atoms with E-state index in [1.54, 1.807) is 54.6 Å². The van der Waals surface area contributed by atoms with Gasteiger partial charge < -0.3 is 35.4 Å². The number of hydrogen-bond donors (Lipinski definition) is 6. The number of aliphatic hydroxyl groups excluding tert-OH is 3. The van der Waals surface area contributed by atoms with Crippen LogP contribution in [0.15, 0.2) is 188 Å². The molecule has 0 fully saturated rings. The van der Waals surface area contributed by atoms with Crippen molar-refractivity contribution in [2.24, 2.45) is 5.92 Å². The molecule has 3 unspecified atom stereocenters. The van der Waals surface area contributed by atoms with Gasteiger partial charge in [0.05, 0.1) is 29.4 Å². The minimum Gasteiger partial charge on any atom is -0.492 e. The largest absolute Gasteiger partial charge is 0.492 e. The molecule has 10 nitrogen and oxygen atoms in total. The average molecular weight is 1420 g/mol. The zero-order valence-corrected chi connectivity index (χ0v) is 65.1. The van der Waals surface area contributed by atoms with Gasteiger partial charge in [-0.05, 0) is 246 Å². The van der Waals surface area contributed by atoms with Crippen LogP contribution in [0.3, 0.4) is 0 Å². The number of aromatic carboxylic acids is 3. The summed E-state index contributed by atoms with van der Waals surface area (Å²) in [6.07, 6.45) is 5.17. The van der Waals surface area contributed by atoms with Gasteiger partial charge in [0.2, 0.25) is 0 Å². The van der Waals surface area contributed by atoms with Crippen LogP contribution >= 0.6 is 0 Å². The van der Waals surface area contributed by atoms with Crippen LogP contribution < -0.4 is 4.74 Å². The van der Waals surface area contributed by atoms with Crippen molar-refractivity contribution in [1.82, 2.24) is 0 Å². The van der Waals surface area contributed by atoms with Gasteiger partial charge in [-0.1, -0.05) is 249 Å². The quantitative estimate of drug-likeness (QED) is 0.0573. The van der Waals surface area contributed by atoms with Crippen LogP contribution in [0.4, 0.5) is 0 Å². The third kappa shape index (κ3) is 19.3. The molecule has 106 heavy (non-hydrogen) atoms. The molecule has 0 saturated carbocycles. The van der Waals surface area contributed by atoms with Gasteiger partial charge in [0.25, 0.3) is 0 Å². The first kappa shape index (κ1) is 80.0. The van der Waals surface area contributed by atoms with E-state index in [4.69, 9.17) is 20.1 Å². The van der Waals surface area contributed by atoms with Crippen molar-refractivity contribution in [3.8, 4) is 62.8 Å². The molecule has 0 radical (unpaired) electrons. The summed E-state index contributed by atoms with van der Waals surface area (Å²) in [4.78, 5) is 33.3. The Kier molecular flexibility index (Phi) is 24.4. The summed E-state index contributed by atoms with van der Waals surface area (Å²) in [5.74, 6) is 10.3. The fourth-order valence-corrected chi connectivity index (χ4v) is 14.1. The minimum absolute atomic E-state index is 0.000121. The second kappa shape index (κ2) is 32.3. The van der Waals surface area contributed by atoms with Crippen LogP contribution in [-0.2, 0) is 32.5 Å². The zero-order chi connectivity index (χ0) is 77.6. The Bertz CT molecular complexity index is 4830. The molecule has 2 aliphatic rings. The van der Waals surface area contributed by atoms with Crippen LogP contribution in [0.2, 0.25) is 0 Å². The van der Waals surface area contributed by atoms with E-state index in [0.29, 0.717) is 23.7 Å². The number of rotatable bonds is 14. The van der Waals surface area contributed by atoms with Gasteiger partial charge in [-0.3, -0.25) is 0 Å². The molecule has 9 aromatic carbocycles. The molecule has 0 aliphatic heterocycles. The van der Waals surface area contributed by atoms with Gasteiger partial charge >= 0.3 is 17.9 Å². The summed E-state index contributed by atoms with van der Waals surface area (Å²) in [5.41, 5.74) is 21.8. The maximum Gasteiger partial charge on any atom is 0.335 e. The monoisotopic (exact) mass is 1420 g/mol. The molecule has 0 saturated heterocycles. The highest BCUT2D eigenvalue weighted by Gasteiger charge is 2.41. The lowest BCUT2D eigenvalue weighted by Crippen LogP contribution is -2.34. The summed E-state index contributed by atoms with van der Waals surface area (Å²) in [6.45, 7) is 40.6. The van der Waals surface area contributed by atoms with Crippen molar-refractivity contribution >= 4 is 24.0 Å². The Morgan fingerprint density at radius 2 is 0.877 bits per heavy atom. The fourth-order valence-electron chi connectivity index (χ4n) is 14.1. The predicted octanol–water partition coefficient (Wildman–Crippen LogP) is 22.0. The van der Waals surface area contributed by atoms with Crippen molar-refractivity contribution in [3.05, 3.63) is 283 Å². The normalized spacial score (nSPS) is 15.4. The lowest BCUT2D eigenvalue weighted by Gasteiger charge is -2.43. The molecule has 11 rings (SSSR count). The number of benzene rings is 9. The van der Waals surface area contributed by atoms with Crippen LogP contribution in [-0.4, -0.2) is 55.2 Å². The van der Waals surface area contributed by atoms with E-state index in [1.165, 1.54) is 57.6 Å². The molecule has 0 spiro atoms. The molecule has 9 aromatic rings. The minimum atomic E-state index is -0.970. The van der Waals surface area contributed by atoms with Gasteiger partial charge in [-0.15, -0.1) is 0 Å². The van der Waals surface area contributed by atoms with Crippen LogP contribution in [0.1, 0.15) is 264 Å². The first-order valence-electron chi connectivity index (χ1n) is 36.8. The van der Waals surface area contributed by atoms with Crippen LogP contribution in [0.5, 0.6) is 5.75 Å². The Labute approximate surface area is 629 Å². The van der Waals surface area contributed by atoms with E-state index < -0.39 is 36.2 Å². The van der Waals surface area contributed by atoms with Crippen LogP contribution in [0, 0.1) is 43.4 Å². The second-order valence-electron chi connectivity index (χ2n) is 33.8. The number of fused-ring (bicyclic) bond motifs is 2. The van der Waals surface area contributed by atoms with Gasteiger partial charge in [0, 0.05) is 22.3 Å². The van der Waals surface area contributed by atoms with Crippen molar-refractivity contribution in [2.45, 2.75) is 201 Å². The van der Waals surface area contributed by atoms with Gasteiger partial charge in [-0.25, -0.2) is 14.4 Å². The Morgan fingerprint density at radius 3 is 1.28 bits per heavy atom.